The highest BCUT2D eigenvalue weighted by Crippen LogP contribution is 2.24. The van der Waals surface area contributed by atoms with Crippen LogP contribution in [-0.2, 0) is 4.74 Å². The maximum Gasteiger partial charge on any atom is 0.0724 e. The van der Waals surface area contributed by atoms with Gasteiger partial charge in [0.2, 0.25) is 0 Å². The highest BCUT2D eigenvalue weighted by Gasteiger charge is 2.29. The van der Waals surface area contributed by atoms with Crippen LogP contribution >= 0.6 is 0 Å². The first-order valence-electron chi connectivity index (χ1n) is 6.34. The van der Waals surface area contributed by atoms with Crippen LogP contribution in [0.1, 0.15) is 44.9 Å². The highest BCUT2D eigenvalue weighted by atomic mass is 16.5. The van der Waals surface area contributed by atoms with Crippen LogP contribution in [0.25, 0.3) is 0 Å². The molecule has 0 aromatic carbocycles. The molecule has 0 spiro atoms. The van der Waals surface area contributed by atoms with Crippen molar-refractivity contribution < 1.29 is 4.74 Å². The smallest absolute Gasteiger partial charge is 0.0724 e. The zero-order valence-electron chi connectivity index (χ0n) is 9.74. The van der Waals surface area contributed by atoms with Crippen molar-refractivity contribution in [3.63, 3.8) is 0 Å². The molecule has 15 heavy (non-hydrogen) atoms. The molecule has 0 aromatic rings. The Morgan fingerprint density at radius 2 is 1.80 bits per heavy atom. The highest BCUT2D eigenvalue weighted by molar-refractivity contribution is 4.88. The van der Waals surface area contributed by atoms with E-state index in [0.29, 0.717) is 24.2 Å². The molecule has 0 radical (unpaired) electrons. The van der Waals surface area contributed by atoms with Crippen LogP contribution in [0.15, 0.2) is 0 Å². The Morgan fingerprint density at radius 3 is 2.47 bits per heavy atom. The largest absolute Gasteiger partial charge is 0.380 e. The summed E-state index contributed by atoms with van der Waals surface area (Å²) < 4.78 is 5.50. The van der Waals surface area contributed by atoms with Gasteiger partial charge in [-0.2, -0.15) is 0 Å². The van der Waals surface area contributed by atoms with Gasteiger partial charge in [-0.3, -0.25) is 0 Å². The fourth-order valence-corrected chi connectivity index (χ4v) is 2.99. The van der Waals surface area contributed by atoms with E-state index < -0.39 is 0 Å². The molecule has 2 unspecified atom stereocenters. The third kappa shape index (κ3) is 2.92. The molecule has 2 aliphatic rings. The lowest BCUT2D eigenvalue weighted by Crippen LogP contribution is -2.46. The zero-order chi connectivity index (χ0) is 10.7. The number of ether oxygens (including phenoxy) is 1. The Bertz CT molecular complexity index is 190. The number of rotatable bonds is 3. The van der Waals surface area contributed by atoms with Crippen LogP contribution in [0.2, 0.25) is 0 Å². The molecular formula is C12H24N2O. The molecular weight excluding hydrogens is 188 g/mol. The standard InChI is InChI=1S/C12H24N2O/c1-15-12-4-2-3-11(12)14-10-7-5-9(13)6-8-10/h9-12,14H,2-8,13H2,1H3. The predicted octanol–water partition coefficient (Wildman–Crippen LogP) is 1.41. The summed E-state index contributed by atoms with van der Waals surface area (Å²) in [4.78, 5) is 0. The van der Waals surface area contributed by atoms with Gasteiger partial charge in [-0.05, 0) is 44.9 Å². The molecule has 0 heterocycles. The summed E-state index contributed by atoms with van der Waals surface area (Å²) in [7, 11) is 1.83. The van der Waals surface area contributed by atoms with Gasteiger partial charge in [-0.15, -0.1) is 0 Å². The summed E-state index contributed by atoms with van der Waals surface area (Å²) in [6, 6.07) is 1.73. The van der Waals surface area contributed by atoms with E-state index in [1.807, 2.05) is 7.11 Å². The number of hydrogen-bond acceptors (Lipinski definition) is 3. The van der Waals surface area contributed by atoms with E-state index in [2.05, 4.69) is 5.32 Å². The van der Waals surface area contributed by atoms with Crippen LogP contribution in [0.5, 0.6) is 0 Å². The summed E-state index contributed by atoms with van der Waals surface area (Å²) in [6.45, 7) is 0. The molecule has 0 aliphatic heterocycles. The van der Waals surface area contributed by atoms with E-state index in [9.17, 15) is 0 Å². The molecule has 2 atom stereocenters. The van der Waals surface area contributed by atoms with Gasteiger partial charge >= 0.3 is 0 Å². The van der Waals surface area contributed by atoms with Crippen LogP contribution in [0.3, 0.4) is 0 Å². The lowest BCUT2D eigenvalue weighted by Gasteiger charge is -2.31. The first-order chi connectivity index (χ1) is 7.29. The topological polar surface area (TPSA) is 47.3 Å². The molecule has 3 heteroatoms. The summed E-state index contributed by atoms with van der Waals surface area (Å²) in [5.41, 5.74) is 5.91. The summed E-state index contributed by atoms with van der Waals surface area (Å²) in [5, 5.41) is 3.76. The molecule has 2 rings (SSSR count). The van der Waals surface area contributed by atoms with Crippen molar-refractivity contribution in [2.45, 2.75) is 69.2 Å². The molecule has 2 aliphatic carbocycles. The Kier molecular flexibility index (Phi) is 4.00. The second kappa shape index (κ2) is 5.28. The summed E-state index contributed by atoms with van der Waals surface area (Å²) in [5.74, 6) is 0. The number of nitrogens with one attached hydrogen (secondary N) is 1. The van der Waals surface area contributed by atoms with Gasteiger partial charge in [0, 0.05) is 25.2 Å². The lowest BCUT2D eigenvalue weighted by molar-refractivity contribution is 0.0787. The van der Waals surface area contributed by atoms with E-state index in [-0.39, 0.29) is 0 Å². The Morgan fingerprint density at radius 1 is 1.07 bits per heavy atom. The predicted molar refractivity (Wildman–Crippen MR) is 61.8 cm³/mol. The maximum absolute atomic E-state index is 5.91. The van der Waals surface area contributed by atoms with E-state index >= 15 is 0 Å². The Balaban J connectivity index is 1.76. The van der Waals surface area contributed by atoms with Gasteiger partial charge in [0.15, 0.2) is 0 Å². The van der Waals surface area contributed by atoms with Crippen LogP contribution in [0.4, 0.5) is 0 Å². The first kappa shape index (κ1) is 11.4. The third-order valence-corrected chi connectivity index (χ3v) is 3.98. The van der Waals surface area contributed by atoms with E-state index in [4.69, 9.17) is 10.5 Å². The van der Waals surface area contributed by atoms with Crippen molar-refractivity contribution in [1.82, 2.24) is 5.32 Å². The van der Waals surface area contributed by atoms with Crippen LogP contribution in [0, 0.1) is 0 Å². The van der Waals surface area contributed by atoms with Crippen molar-refractivity contribution >= 4 is 0 Å². The first-order valence-corrected chi connectivity index (χ1v) is 6.34. The van der Waals surface area contributed by atoms with Gasteiger partial charge in [0.25, 0.3) is 0 Å². The quantitative estimate of drug-likeness (QED) is 0.743. The molecule has 2 fully saturated rings. The molecule has 0 saturated heterocycles. The molecule has 88 valence electrons. The van der Waals surface area contributed by atoms with Crippen molar-refractivity contribution in [3.05, 3.63) is 0 Å². The molecule has 2 saturated carbocycles. The van der Waals surface area contributed by atoms with Crippen LogP contribution < -0.4 is 11.1 Å². The second-order valence-electron chi connectivity index (χ2n) is 5.09. The lowest BCUT2D eigenvalue weighted by atomic mass is 9.91. The fraction of sp³-hybridized carbons (Fsp3) is 1.00. The fourth-order valence-electron chi connectivity index (χ4n) is 2.99. The summed E-state index contributed by atoms with van der Waals surface area (Å²) >= 11 is 0. The molecule has 3 nitrogen and oxygen atoms in total. The molecule has 3 N–H and O–H groups in total. The third-order valence-electron chi connectivity index (χ3n) is 3.98. The second-order valence-corrected chi connectivity index (χ2v) is 5.09. The van der Waals surface area contributed by atoms with E-state index in [0.717, 1.165) is 0 Å². The van der Waals surface area contributed by atoms with Crippen molar-refractivity contribution in [2.24, 2.45) is 5.73 Å². The maximum atomic E-state index is 5.91. The minimum absolute atomic E-state index is 0.445. The average Bonchev–Trinajstić information content (AvgIpc) is 2.69. The van der Waals surface area contributed by atoms with E-state index in [1.165, 1.54) is 44.9 Å². The average molecular weight is 212 g/mol. The Labute approximate surface area is 92.7 Å². The number of methoxy groups -OCH3 is 1. The summed E-state index contributed by atoms with van der Waals surface area (Å²) in [6.07, 6.45) is 9.11. The molecule has 0 amide bonds. The van der Waals surface area contributed by atoms with Gasteiger partial charge < -0.3 is 15.8 Å². The van der Waals surface area contributed by atoms with Crippen molar-refractivity contribution in [1.29, 1.82) is 0 Å². The normalized spacial score (nSPS) is 42.0. The van der Waals surface area contributed by atoms with Crippen LogP contribution in [-0.4, -0.2) is 31.3 Å². The van der Waals surface area contributed by atoms with Gasteiger partial charge in [0.1, 0.15) is 0 Å². The minimum atomic E-state index is 0.445. The van der Waals surface area contributed by atoms with Gasteiger partial charge in [0.05, 0.1) is 6.10 Å². The SMILES string of the molecule is COC1CCCC1NC1CCC(N)CC1. The minimum Gasteiger partial charge on any atom is -0.380 e. The van der Waals surface area contributed by atoms with Gasteiger partial charge in [-0.25, -0.2) is 0 Å². The van der Waals surface area contributed by atoms with Crippen molar-refractivity contribution in [2.75, 3.05) is 7.11 Å². The van der Waals surface area contributed by atoms with Gasteiger partial charge in [-0.1, -0.05) is 0 Å². The zero-order valence-corrected chi connectivity index (χ0v) is 9.74. The number of nitrogens with two attached hydrogens (primary N) is 1. The van der Waals surface area contributed by atoms with E-state index in [1.54, 1.807) is 0 Å². The monoisotopic (exact) mass is 212 g/mol. The molecule has 0 bridgehead atoms. The Hall–Kier alpha value is -0.120. The molecule has 0 aromatic heterocycles. The number of hydrogen-bond donors (Lipinski definition) is 2. The van der Waals surface area contributed by atoms with Crippen molar-refractivity contribution in [3.8, 4) is 0 Å².